The maximum atomic E-state index is 6.50. The molecule has 0 radical (unpaired) electrons. The minimum absolute atomic E-state index is 0.311. The smallest absolute Gasteiger partial charge is 0.192 e. The van der Waals surface area contributed by atoms with Crippen LogP contribution in [-0.4, -0.2) is 14.4 Å². The fourth-order valence-electron chi connectivity index (χ4n) is 2.74. The second-order valence-corrected chi connectivity index (χ2v) is 10.2. The van der Waals surface area contributed by atoms with Gasteiger partial charge in [-0.1, -0.05) is 47.3 Å². The van der Waals surface area contributed by atoms with Crippen molar-refractivity contribution in [3.8, 4) is 0 Å². The molecule has 0 saturated carbocycles. The van der Waals surface area contributed by atoms with Crippen molar-refractivity contribution in [2.45, 2.75) is 65.3 Å². The first-order chi connectivity index (χ1) is 7.98. The van der Waals surface area contributed by atoms with Gasteiger partial charge in [-0.15, -0.1) is 0 Å². The number of hydrogen-bond donors (Lipinski definition) is 0. The summed E-state index contributed by atoms with van der Waals surface area (Å²) < 4.78 is 6.50. The van der Waals surface area contributed by atoms with E-state index in [2.05, 4.69) is 47.3 Å². The van der Waals surface area contributed by atoms with E-state index in [9.17, 15) is 0 Å². The third-order valence-electron chi connectivity index (χ3n) is 4.18. The molecule has 0 aromatic heterocycles. The Bertz CT molecular complexity index is 292. The Labute approximate surface area is 108 Å². The van der Waals surface area contributed by atoms with E-state index in [1.165, 1.54) is 29.3 Å². The normalized spacial score (nSPS) is 21.2. The van der Waals surface area contributed by atoms with Gasteiger partial charge in [-0.25, -0.2) is 0 Å². The van der Waals surface area contributed by atoms with Crippen molar-refractivity contribution < 1.29 is 4.43 Å². The molecule has 1 aliphatic rings. The van der Waals surface area contributed by atoms with Crippen molar-refractivity contribution in [2.24, 2.45) is 5.92 Å². The molecule has 2 heteroatoms. The molecular weight excluding hydrogens is 224 g/mol. The van der Waals surface area contributed by atoms with Crippen molar-refractivity contribution in [2.75, 3.05) is 0 Å². The van der Waals surface area contributed by atoms with Gasteiger partial charge in [0.05, 0.1) is 6.10 Å². The Balaban J connectivity index is 2.74. The third-order valence-corrected chi connectivity index (χ3v) is 8.85. The summed E-state index contributed by atoms with van der Waals surface area (Å²) in [5, 5.41) is 0. The summed E-state index contributed by atoms with van der Waals surface area (Å²) in [6.07, 6.45) is 3.66. The minimum Gasteiger partial charge on any atom is -0.410 e. The van der Waals surface area contributed by atoms with Gasteiger partial charge in [0, 0.05) is 6.42 Å². The molecule has 0 aliphatic heterocycles. The van der Waals surface area contributed by atoms with Crippen LogP contribution in [-0.2, 0) is 4.43 Å². The van der Waals surface area contributed by atoms with Gasteiger partial charge in [-0.3, -0.25) is 0 Å². The zero-order valence-corrected chi connectivity index (χ0v) is 13.2. The van der Waals surface area contributed by atoms with Crippen molar-refractivity contribution in [3.63, 3.8) is 0 Å². The molecule has 1 aliphatic carbocycles. The molecule has 1 rings (SSSR count). The lowest BCUT2D eigenvalue weighted by molar-refractivity contribution is 0.239. The van der Waals surface area contributed by atoms with Crippen LogP contribution in [0.5, 0.6) is 0 Å². The van der Waals surface area contributed by atoms with Gasteiger partial charge < -0.3 is 4.43 Å². The average Bonchev–Trinajstić information content (AvgIpc) is 2.67. The Hall–Kier alpha value is -0.343. The molecule has 0 aromatic carbocycles. The maximum absolute atomic E-state index is 6.50. The zero-order valence-electron chi connectivity index (χ0n) is 12.2. The monoisotopic (exact) mass is 252 g/mol. The molecule has 0 bridgehead atoms. The molecule has 0 N–H and O–H groups in total. The molecule has 17 heavy (non-hydrogen) atoms. The summed E-state index contributed by atoms with van der Waals surface area (Å²) in [5.74, 6) is 0.581. The minimum atomic E-state index is -1.46. The van der Waals surface area contributed by atoms with Crippen LogP contribution >= 0.6 is 0 Å². The van der Waals surface area contributed by atoms with E-state index in [-0.39, 0.29) is 0 Å². The van der Waals surface area contributed by atoms with E-state index in [1.54, 1.807) is 0 Å². The molecule has 0 heterocycles. The molecule has 1 atom stereocenters. The van der Waals surface area contributed by atoms with Gasteiger partial charge in [-0.2, -0.15) is 0 Å². The van der Waals surface area contributed by atoms with Crippen LogP contribution < -0.4 is 0 Å². The summed E-state index contributed by atoms with van der Waals surface area (Å²) in [5.41, 5.74) is 2.71. The molecule has 0 amide bonds. The first-order valence-corrected chi connectivity index (χ1v) is 9.58. The van der Waals surface area contributed by atoms with Crippen LogP contribution in [0.3, 0.4) is 0 Å². The van der Waals surface area contributed by atoms with Gasteiger partial charge >= 0.3 is 0 Å². The molecule has 1 unspecified atom stereocenters. The summed E-state index contributed by atoms with van der Waals surface area (Å²) in [7, 11) is -1.46. The van der Waals surface area contributed by atoms with E-state index in [0.717, 1.165) is 6.42 Å². The SMILES string of the molecule is C=C1CC(O[Si](CC)(CC)CC)C=C1C(C)C. The first kappa shape index (κ1) is 14.7. The Morgan fingerprint density at radius 2 is 1.82 bits per heavy atom. The molecule has 98 valence electrons. The van der Waals surface area contributed by atoms with Gasteiger partial charge in [0.1, 0.15) is 0 Å². The van der Waals surface area contributed by atoms with Crippen LogP contribution in [0.2, 0.25) is 18.1 Å². The lowest BCUT2D eigenvalue weighted by Gasteiger charge is -2.31. The molecular formula is C15H28OSi. The van der Waals surface area contributed by atoms with Crippen LogP contribution in [0.15, 0.2) is 23.8 Å². The Morgan fingerprint density at radius 1 is 1.29 bits per heavy atom. The number of hydrogen-bond acceptors (Lipinski definition) is 1. The number of rotatable bonds is 6. The molecule has 1 nitrogen and oxygen atoms in total. The fraction of sp³-hybridized carbons (Fsp3) is 0.733. The summed E-state index contributed by atoms with van der Waals surface area (Å²) in [6.45, 7) is 15.5. The highest BCUT2D eigenvalue weighted by atomic mass is 28.4. The first-order valence-electron chi connectivity index (χ1n) is 7.05. The maximum Gasteiger partial charge on any atom is 0.192 e. The van der Waals surface area contributed by atoms with Crippen molar-refractivity contribution in [3.05, 3.63) is 23.8 Å². The van der Waals surface area contributed by atoms with Gasteiger partial charge in [0.2, 0.25) is 0 Å². The highest BCUT2D eigenvalue weighted by Crippen LogP contribution is 2.34. The molecule has 0 aromatic rings. The fourth-order valence-corrected chi connectivity index (χ4v) is 5.53. The second kappa shape index (κ2) is 6.01. The van der Waals surface area contributed by atoms with E-state index in [0.29, 0.717) is 12.0 Å². The van der Waals surface area contributed by atoms with E-state index < -0.39 is 8.32 Å². The quantitative estimate of drug-likeness (QED) is 0.610. The topological polar surface area (TPSA) is 9.23 Å². The van der Waals surface area contributed by atoms with Crippen LogP contribution in [0.25, 0.3) is 0 Å². The van der Waals surface area contributed by atoms with E-state index in [4.69, 9.17) is 4.43 Å². The highest BCUT2D eigenvalue weighted by Gasteiger charge is 2.33. The van der Waals surface area contributed by atoms with E-state index >= 15 is 0 Å². The molecule has 0 saturated heterocycles. The predicted molar refractivity (Wildman–Crippen MR) is 78.7 cm³/mol. The Kier molecular flexibility index (Phi) is 5.20. The van der Waals surface area contributed by atoms with Crippen LogP contribution in [0, 0.1) is 5.92 Å². The lowest BCUT2D eigenvalue weighted by atomic mass is 10.00. The predicted octanol–water partition coefficient (Wildman–Crippen LogP) is 4.92. The van der Waals surface area contributed by atoms with Crippen molar-refractivity contribution >= 4 is 8.32 Å². The average molecular weight is 252 g/mol. The van der Waals surface area contributed by atoms with Gasteiger partial charge in [0.25, 0.3) is 0 Å². The summed E-state index contributed by atoms with van der Waals surface area (Å²) >= 11 is 0. The number of allylic oxidation sites excluding steroid dienone is 1. The standard InChI is InChI=1S/C15H28OSi/c1-7-17(8-2,9-3)16-14-10-13(6)15(11-14)12(4)5/h11-12,14H,6-10H2,1-5H3. The van der Waals surface area contributed by atoms with Crippen LogP contribution in [0.1, 0.15) is 41.0 Å². The highest BCUT2D eigenvalue weighted by molar-refractivity contribution is 6.73. The lowest BCUT2D eigenvalue weighted by Crippen LogP contribution is -2.38. The molecule has 0 spiro atoms. The third kappa shape index (κ3) is 3.32. The molecule has 0 fully saturated rings. The summed E-state index contributed by atoms with van der Waals surface area (Å²) in [6, 6.07) is 3.69. The second-order valence-electron chi connectivity index (χ2n) is 5.48. The summed E-state index contributed by atoms with van der Waals surface area (Å²) in [4.78, 5) is 0. The largest absolute Gasteiger partial charge is 0.410 e. The van der Waals surface area contributed by atoms with Crippen molar-refractivity contribution in [1.29, 1.82) is 0 Å². The van der Waals surface area contributed by atoms with Gasteiger partial charge in [0.15, 0.2) is 8.32 Å². The van der Waals surface area contributed by atoms with Crippen LogP contribution in [0.4, 0.5) is 0 Å². The van der Waals surface area contributed by atoms with E-state index in [1.807, 2.05) is 0 Å². The van der Waals surface area contributed by atoms with Gasteiger partial charge in [-0.05, 0) is 35.2 Å². The zero-order chi connectivity index (χ0) is 13.1. The van der Waals surface area contributed by atoms with Crippen molar-refractivity contribution in [1.82, 2.24) is 0 Å². The Morgan fingerprint density at radius 3 is 2.18 bits per heavy atom.